The van der Waals surface area contributed by atoms with Gasteiger partial charge in [0.05, 0.1) is 13.2 Å². The fourth-order valence-electron chi connectivity index (χ4n) is 1.83. The SMILES string of the molecule is COc1ccc(F)c(C(=O)NCC(O)CC(C)C)c1F. The summed E-state index contributed by atoms with van der Waals surface area (Å²) in [5.74, 6) is -2.89. The summed E-state index contributed by atoms with van der Waals surface area (Å²) >= 11 is 0. The van der Waals surface area contributed by atoms with Gasteiger partial charge in [-0.25, -0.2) is 8.78 Å². The van der Waals surface area contributed by atoms with E-state index in [2.05, 4.69) is 5.32 Å². The van der Waals surface area contributed by atoms with Crippen molar-refractivity contribution in [2.75, 3.05) is 13.7 Å². The van der Waals surface area contributed by atoms with Crippen molar-refractivity contribution in [2.24, 2.45) is 5.92 Å². The fourth-order valence-corrected chi connectivity index (χ4v) is 1.83. The number of nitrogens with one attached hydrogen (secondary N) is 1. The molecule has 0 aromatic heterocycles. The van der Waals surface area contributed by atoms with Crippen LogP contribution in [0.1, 0.15) is 30.6 Å². The van der Waals surface area contributed by atoms with Gasteiger partial charge in [0.1, 0.15) is 11.4 Å². The van der Waals surface area contributed by atoms with Gasteiger partial charge in [-0.05, 0) is 24.5 Å². The van der Waals surface area contributed by atoms with Gasteiger partial charge in [0.25, 0.3) is 5.91 Å². The fraction of sp³-hybridized carbons (Fsp3) is 0.500. The predicted molar refractivity (Wildman–Crippen MR) is 70.7 cm³/mol. The molecule has 1 aromatic rings. The molecule has 2 N–H and O–H groups in total. The molecule has 0 spiro atoms. The number of halogens is 2. The Morgan fingerprint density at radius 1 is 1.40 bits per heavy atom. The smallest absolute Gasteiger partial charge is 0.257 e. The lowest BCUT2D eigenvalue weighted by Gasteiger charge is -2.14. The number of carbonyl (C=O) groups is 1. The van der Waals surface area contributed by atoms with Crippen LogP contribution in [0.25, 0.3) is 0 Å². The molecular formula is C14H19F2NO3. The summed E-state index contributed by atoms with van der Waals surface area (Å²) < 4.78 is 32.1. The standard InChI is InChI=1S/C14H19F2NO3/c1-8(2)6-9(18)7-17-14(19)12-10(15)4-5-11(20-3)13(12)16/h4-5,8-9,18H,6-7H2,1-3H3,(H,17,19). The lowest BCUT2D eigenvalue weighted by atomic mass is 10.1. The molecule has 4 nitrogen and oxygen atoms in total. The first kappa shape index (κ1) is 16.4. The molecule has 20 heavy (non-hydrogen) atoms. The van der Waals surface area contributed by atoms with Crippen LogP contribution >= 0.6 is 0 Å². The number of methoxy groups -OCH3 is 1. The van der Waals surface area contributed by atoms with Gasteiger partial charge in [0.2, 0.25) is 0 Å². The van der Waals surface area contributed by atoms with Crippen molar-refractivity contribution < 1.29 is 23.4 Å². The summed E-state index contributed by atoms with van der Waals surface area (Å²) in [5, 5.41) is 11.9. The number of carbonyl (C=O) groups excluding carboxylic acids is 1. The first-order valence-corrected chi connectivity index (χ1v) is 6.35. The van der Waals surface area contributed by atoms with Gasteiger partial charge in [0, 0.05) is 6.54 Å². The van der Waals surface area contributed by atoms with Crippen LogP contribution < -0.4 is 10.1 Å². The van der Waals surface area contributed by atoms with E-state index >= 15 is 0 Å². The van der Waals surface area contributed by atoms with E-state index in [0.717, 1.165) is 12.1 Å². The Bertz CT molecular complexity index is 478. The normalized spacial score (nSPS) is 12.3. The largest absolute Gasteiger partial charge is 0.494 e. The molecule has 6 heteroatoms. The van der Waals surface area contributed by atoms with Crippen LogP contribution in [-0.4, -0.2) is 30.8 Å². The molecule has 112 valence electrons. The zero-order chi connectivity index (χ0) is 15.3. The molecule has 1 unspecified atom stereocenters. The Labute approximate surface area is 116 Å². The average molecular weight is 287 g/mol. The summed E-state index contributed by atoms with van der Waals surface area (Å²) in [6.07, 6.45) is -0.265. The van der Waals surface area contributed by atoms with E-state index in [0.29, 0.717) is 6.42 Å². The van der Waals surface area contributed by atoms with Crippen LogP contribution in [0, 0.1) is 17.6 Å². The Kier molecular flexibility index (Phi) is 5.88. The van der Waals surface area contributed by atoms with Crippen molar-refractivity contribution in [1.82, 2.24) is 5.32 Å². The number of rotatable bonds is 6. The third-order valence-electron chi connectivity index (χ3n) is 2.74. The zero-order valence-corrected chi connectivity index (χ0v) is 11.7. The molecular weight excluding hydrogens is 268 g/mol. The minimum Gasteiger partial charge on any atom is -0.494 e. The lowest BCUT2D eigenvalue weighted by Crippen LogP contribution is -2.33. The number of aliphatic hydroxyl groups excluding tert-OH is 1. The van der Waals surface area contributed by atoms with Crippen molar-refractivity contribution in [3.8, 4) is 5.75 Å². The highest BCUT2D eigenvalue weighted by atomic mass is 19.1. The second kappa shape index (κ2) is 7.19. The third-order valence-corrected chi connectivity index (χ3v) is 2.74. The van der Waals surface area contributed by atoms with Gasteiger partial charge >= 0.3 is 0 Å². The predicted octanol–water partition coefficient (Wildman–Crippen LogP) is 2.11. The molecule has 0 fully saturated rings. The molecule has 0 aliphatic heterocycles. The van der Waals surface area contributed by atoms with Crippen LogP contribution in [0.5, 0.6) is 5.75 Å². The molecule has 1 rings (SSSR count). The maximum atomic E-state index is 13.8. The van der Waals surface area contributed by atoms with E-state index in [1.54, 1.807) is 0 Å². The monoisotopic (exact) mass is 287 g/mol. The molecule has 0 radical (unpaired) electrons. The van der Waals surface area contributed by atoms with E-state index < -0.39 is 29.2 Å². The number of aliphatic hydroxyl groups is 1. The summed E-state index contributed by atoms with van der Waals surface area (Å²) in [6, 6.07) is 2.07. The molecule has 1 atom stereocenters. The molecule has 1 aromatic carbocycles. The van der Waals surface area contributed by atoms with Crippen molar-refractivity contribution in [1.29, 1.82) is 0 Å². The first-order valence-electron chi connectivity index (χ1n) is 6.35. The maximum absolute atomic E-state index is 13.8. The zero-order valence-electron chi connectivity index (χ0n) is 11.7. The van der Waals surface area contributed by atoms with Gasteiger partial charge in [0.15, 0.2) is 11.6 Å². The summed E-state index contributed by atoms with van der Waals surface area (Å²) in [7, 11) is 1.23. The van der Waals surface area contributed by atoms with E-state index in [4.69, 9.17) is 4.74 Å². The van der Waals surface area contributed by atoms with Crippen LogP contribution in [0.3, 0.4) is 0 Å². The minimum atomic E-state index is -1.05. The van der Waals surface area contributed by atoms with Crippen molar-refractivity contribution >= 4 is 5.91 Å². The maximum Gasteiger partial charge on any atom is 0.257 e. The third kappa shape index (κ3) is 4.16. The Balaban J connectivity index is 2.78. The van der Waals surface area contributed by atoms with E-state index in [1.807, 2.05) is 13.8 Å². The summed E-state index contributed by atoms with van der Waals surface area (Å²) in [6.45, 7) is 3.78. The summed E-state index contributed by atoms with van der Waals surface area (Å²) in [4.78, 5) is 11.8. The number of amides is 1. The number of ether oxygens (including phenoxy) is 1. The van der Waals surface area contributed by atoms with Crippen molar-refractivity contribution in [3.05, 3.63) is 29.3 Å². The molecule has 0 aliphatic rings. The highest BCUT2D eigenvalue weighted by molar-refractivity contribution is 5.95. The number of hydrogen-bond acceptors (Lipinski definition) is 3. The minimum absolute atomic E-state index is 0.0624. The lowest BCUT2D eigenvalue weighted by molar-refractivity contribution is 0.0891. The van der Waals surface area contributed by atoms with Gasteiger partial charge in [-0.1, -0.05) is 13.8 Å². The molecule has 0 bridgehead atoms. The van der Waals surface area contributed by atoms with E-state index in [-0.39, 0.29) is 18.2 Å². The Hall–Kier alpha value is -1.69. The van der Waals surface area contributed by atoms with Gasteiger partial charge in [-0.3, -0.25) is 4.79 Å². The first-order chi connectivity index (χ1) is 9.36. The number of hydrogen-bond donors (Lipinski definition) is 2. The molecule has 0 heterocycles. The molecule has 0 saturated carbocycles. The Morgan fingerprint density at radius 3 is 2.60 bits per heavy atom. The molecule has 1 amide bonds. The molecule has 0 saturated heterocycles. The highest BCUT2D eigenvalue weighted by Crippen LogP contribution is 2.22. The van der Waals surface area contributed by atoms with Crippen LogP contribution in [-0.2, 0) is 0 Å². The quantitative estimate of drug-likeness (QED) is 0.842. The Morgan fingerprint density at radius 2 is 2.05 bits per heavy atom. The van der Waals surface area contributed by atoms with Gasteiger partial charge in [-0.2, -0.15) is 0 Å². The highest BCUT2D eigenvalue weighted by Gasteiger charge is 2.21. The number of benzene rings is 1. The van der Waals surface area contributed by atoms with Crippen LogP contribution in [0.15, 0.2) is 12.1 Å². The van der Waals surface area contributed by atoms with Crippen LogP contribution in [0.4, 0.5) is 8.78 Å². The van der Waals surface area contributed by atoms with E-state index in [9.17, 15) is 18.7 Å². The second-order valence-electron chi connectivity index (χ2n) is 4.93. The van der Waals surface area contributed by atoms with E-state index in [1.165, 1.54) is 7.11 Å². The van der Waals surface area contributed by atoms with Crippen molar-refractivity contribution in [2.45, 2.75) is 26.4 Å². The molecule has 0 aliphatic carbocycles. The van der Waals surface area contributed by atoms with Gasteiger partial charge < -0.3 is 15.2 Å². The van der Waals surface area contributed by atoms with Crippen molar-refractivity contribution in [3.63, 3.8) is 0 Å². The van der Waals surface area contributed by atoms with Gasteiger partial charge in [-0.15, -0.1) is 0 Å². The average Bonchev–Trinajstić information content (AvgIpc) is 2.36. The second-order valence-corrected chi connectivity index (χ2v) is 4.93. The van der Waals surface area contributed by atoms with Crippen LogP contribution in [0.2, 0.25) is 0 Å². The summed E-state index contributed by atoms with van der Waals surface area (Å²) in [5.41, 5.74) is -0.707. The topological polar surface area (TPSA) is 58.6 Å².